The van der Waals surface area contributed by atoms with E-state index < -0.39 is 8.31 Å². The molecule has 0 aromatic carbocycles. The minimum absolute atomic E-state index is 0.729. The van der Waals surface area contributed by atoms with Crippen LogP contribution in [0.3, 0.4) is 0 Å². The highest BCUT2D eigenvalue weighted by Crippen LogP contribution is 2.38. The summed E-state index contributed by atoms with van der Waals surface area (Å²) >= 11 is 9.00. The summed E-state index contributed by atoms with van der Waals surface area (Å²) in [4.78, 5) is 0. The second kappa shape index (κ2) is 2.78. The summed E-state index contributed by atoms with van der Waals surface area (Å²) in [5.74, 6) is 0. The molecule has 0 radical (unpaired) electrons. The molecule has 0 aromatic rings. The number of alkyl halides is 4. The van der Waals surface area contributed by atoms with Crippen molar-refractivity contribution in [3.05, 3.63) is 0 Å². The van der Waals surface area contributed by atoms with Gasteiger partial charge in [-0.25, -0.2) is 4.39 Å². The van der Waals surface area contributed by atoms with Gasteiger partial charge in [0.2, 0.25) is 0 Å². The van der Waals surface area contributed by atoms with E-state index in [9.17, 15) is 4.39 Å². The van der Waals surface area contributed by atoms with Crippen LogP contribution in [-0.4, -0.2) is 8.31 Å². The zero-order valence-corrected chi connectivity index (χ0v) is 8.35. The van der Waals surface area contributed by atoms with Crippen molar-refractivity contribution in [2.75, 3.05) is 0 Å². The van der Waals surface area contributed by atoms with Crippen LogP contribution in [0.25, 0.3) is 0 Å². The van der Waals surface area contributed by atoms with Crippen molar-refractivity contribution in [3.8, 4) is 0 Å². The Balaban J connectivity index is 3.54. The molecule has 0 amide bonds. The molecule has 0 aliphatic carbocycles. The van der Waals surface area contributed by atoms with Crippen molar-refractivity contribution in [1.82, 2.24) is 0 Å². The summed E-state index contributed by atoms with van der Waals surface area (Å²) in [6.07, 6.45) is -0.951. The van der Waals surface area contributed by atoms with Crippen LogP contribution >= 0.6 is 47.8 Å². The highest BCUT2D eigenvalue weighted by atomic mass is 80.0. The Hall–Kier alpha value is 1.37. The van der Waals surface area contributed by atoms with Crippen molar-refractivity contribution < 1.29 is 4.39 Å². The molecule has 0 heterocycles. The molecular formula is C3H4Br3F. The normalized spacial score (nSPS) is 16.7. The third kappa shape index (κ3) is 3.91. The van der Waals surface area contributed by atoms with Crippen LogP contribution in [0, 0.1) is 0 Å². The molecule has 0 bridgehead atoms. The van der Waals surface area contributed by atoms with Gasteiger partial charge in [0.15, 0.2) is 2.14 Å². The van der Waals surface area contributed by atoms with Crippen LogP contribution in [0.5, 0.6) is 0 Å². The Bertz CT molecular complexity index is 55.7. The van der Waals surface area contributed by atoms with E-state index in [-0.39, 0.29) is 0 Å². The van der Waals surface area contributed by atoms with E-state index in [0.29, 0.717) is 0 Å². The average molecular weight is 299 g/mol. The van der Waals surface area contributed by atoms with Crippen LogP contribution in [0.15, 0.2) is 0 Å². The van der Waals surface area contributed by atoms with Gasteiger partial charge >= 0.3 is 0 Å². The first kappa shape index (κ1) is 8.37. The highest BCUT2D eigenvalue weighted by molar-refractivity contribution is 9.39. The molecule has 0 aliphatic rings. The van der Waals surface area contributed by atoms with Gasteiger partial charge in [-0.15, -0.1) is 0 Å². The van der Waals surface area contributed by atoms with E-state index in [1.54, 1.807) is 0 Å². The molecular weight excluding hydrogens is 295 g/mol. The molecule has 0 rings (SSSR count). The van der Waals surface area contributed by atoms with Crippen LogP contribution < -0.4 is 0 Å². The van der Waals surface area contributed by atoms with E-state index in [0.717, 1.165) is 0 Å². The molecule has 0 spiro atoms. The minimum atomic E-state index is -0.951. The number of hydrogen-bond acceptors (Lipinski definition) is 0. The van der Waals surface area contributed by atoms with Crippen molar-refractivity contribution in [3.63, 3.8) is 0 Å². The largest absolute Gasteiger partial charge is 0.244 e. The summed E-state index contributed by atoms with van der Waals surface area (Å²) < 4.78 is 11.3. The summed E-state index contributed by atoms with van der Waals surface area (Å²) in [7, 11) is 0. The van der Waals surface area contributed by atoms with Gasteiger partial charge in [-0.05, 0) is 6.92 Å². The minimum Gasteiger partial charge on any atom is -0.244 e. The standard InChI is InChI=1S/C3H4Br3F/c1-2(7)3(4,5)6/h2H,1H3. The molecule has 0 aromatic heterocycles. The van der Waals surface area contributed by atoms with E-state index in [2.05, 4.69) is 47.8 Å². The van der Waals surface area contributed by atoms with Crippen LogP contribution in [0.4, 0.5) is 4.39 Å². The highest BCUT2D eigenvalue weighted by Gasteiger charge is 2.25. The van der Waals surface area contributed by atoms with Crippen molar-refractivity contribution in [1.29, 1.82) is 0 Å². The van der Waals surface area contributed by atoms with Crippen LogP contribution in [0.1, 0.15) is 6.92 Å². The van der Waals surface area contributed by atoms with Gasteiger partial charge in [0.05, 0.1) is 0 Å². The molecule has 0 N–H and O–H groups in total. The molecule has 1 atom stereocenters. The Labute approximate surface area is 67.2 Å². The van der Waals surface area contributed by atoms with Crippen molar-refractivity contribution >= 4 is 47.8 Å². The van der Waals surface area contributed by atoms with Gasteiger partial charge in [-0.1, -0.05) is 47.8 Å². The molecule has 0 saturated carbocycles. The van der Waals surface area contributed by atoms with Gasteiger partial charge in [-0.3, -0.25) is 0 Å². The van der Waals surface area contributed by atoms with Gasteiger partial charge < -0.3 is 0 Å². The first-order valence-electron chi connectivity index (χ1n) is 1.65. The predicted molar refractivity (Wildman–Crippen MR) is 40.1 cm³/mol. The van der Waals surface area contributed by atoms with E-state index in [1.807, 2.05) is 0 Å². The van der Waals surface area contributed by atoms with E-state index >= 15 is 0 Å². The average Bonchev–Trinajstić information content (AvgIpc) is 1.31. The van der Waals surface area contributed by atoms with Crippen molar-refractivity contribution in [2.24, 2.45) is 0 Å². The fourth-order valence-electron chi connectivity index (χ4n) is 0. The van der Waals surface area contributed by atoms with Crippen molar-refractivity contribution in [2.45, 2.75) is 15.2 Å². The fourth-order valence-corrected chi connectivity index (χ4v) is 0. The molecule has 1 unspecified atom stereocenters. The maximum Gasteiger partial charge on any atom is 0.165 e. The van der Waals surface area contributed by atoms with Gasteiger partial charge in [-0.2, -0.15) is 0 Å². The van der Waals surface area contributed by atoms with Gasteiger partial charge in [0.1, 0.15) is 6.17 Å². The maximum atomic E-state index is 12.1. The quantitative estimate of drug-likeness (QED) is 0.603. The first-order valence-corrected chi connectivity index (χ1v) is 4.03. The smallest absolute Gasteiger partial charge is 0.165 e. The first-order chi connectivity index (χ1) is 2.94. The Morgan fingerprint density at radius 1 is 1.43 bits per heavy atom. The Morgan fingerprint density at radius 2 is 1.57 bits per heavy atom. The molecule has 4 heteroatoms. The zero-order valence-electron chi connectivity index (χ0n) is 3.59. The summed E-state index contributed by atoms with van der Waals surface area (Å²) in [6.45, 7) is 1.44. The lowest BCUT2D eigenvalue weighted by Crippen LogP contribution is -2.13. The monoisotopic (exact) mass is 296 g/mol. The lowest BCUT2D eigenvalue weighted by Gasteiger charge is -2.11. The number of halogens is 4. The van der Waals surface area contributed by atoms with Crippen LogP contribution in [0.2, 0.25) is 0 Å². The fraction of sp³-hybridized carbons (Fsp3) is 1.00. The maximum absolute atomic E-state index is 12.1. The Morgan fingerprint density at radius 3 is 1.57 bits per heavy atom. The third-order valence-corrected chi connectivity index (χ3v) is 2.34. The third-order valence-electron chi connectivity index (χ3n) is 0.451. The summed E-state index contributed by atoms with van der Waals surface area (Å²) in [5.41, 5.74) is 0. The molecule has 7 heavy (non-hydrogen) atoms. The van der Waals surface area contributed by atoms with Gasteiger partial charge in [0.25, 0.3) is 0 Å². The SMILES string of the molecule is CC(F)C(Br)(Br)Br. The number of hydrogen-bond donors (Lipinski definition) is 0. The van der Waals surface area contributed by atoms with Gasteiger partial charge in [0, 0.05) is 0 Å². The number of rotatable bonds is 0. The zero-order chi connectivity index (χ0) is 6.08. The lowest BCUT2D eigenvalue weighted by molar-refractivity contribution is 0.383. The Kier molecular flexibility index (Phi) is 3.33. The van der Waals surface area contributed by atoms with E-state index in [1.165, 1.54) is 6.92 Å². The molecule has 0 fully saturated rings. The second-order valence-corrected chi connectivity index (χ2v) is 8.10. The lowest BCUT2D eigenvalue weighted by atomic mass is 10.5. The second-order valence-electron chi connectivity index (χ2n) is 1.16. The molecule has 0 nitrogen and oxygen atoms in total. The molecule has 0 aliphatic heterocycles. The predicted octanol–water partition coefficient (Wildman–Crippen LogP) is 3.18. The molecule has 0 saturated heterocycles. The topological polar surface area (TPSA) is 0 Å². The van der Waals surface area contributed by atoms with E-state index in [4.69, 9.17) is 0 Å². The summed E-state index contributed by atoms with van der Waals surface area (Å²) in [5, 5.41) is 0. The van der Waals surface area contributed by atoms with Crippen LogP contribution in [-0.2, 0) is 0 Å². The summed E-state index contributed by atoms with van der Waals surface area (Å²) in [6, 6.07) is 0. The molecule has 44 valence electrons.